The number of aliphatic hydroxyl groups is 1. The topological polar surface area (TPSA) is 38.7 Å². The number of ether oxygens (including phenoxy) is 2. The fraction of sp³-hybridized carbons (Fsp3) is 0.200. The van der Waals surface area contributed by atoms with Crippen molar-refractivity contribution in [1.82, 2.24) is 0 Å². The Bertz CT molecular complexity index is 616. The Balaban J connectivity index is 2.35. The average molecular weight is 297 g/mol. The van der Waals surface area contributed by atoms with E-state index in [4.69, 9.17) is 21.1 Å². The van der Waals surface area contributed by atoms with E-state index in [2.05, 4.69) is 0 Å². The number of halogens is 2. The van der Waals surface area contributed by atoms with E-state index < -0.39 is 11.9 Å². The molecule has 0 radical (unpaired) electrons. The molecule has 0 saturated carbocycles. The molecule has 0 fully saturated rings. The molecule has 0 aliphatic rings. The molecular weight excluding hydrogens is 283 g/mol. The number of aliphatic hydroxyl groups excluding tert-OH is 1. The molecule has 106 valence electrons. The van der Waals surface area contributed by atoms with Crippen LogP contribution in [0.4, 0.5) is 4.39 Å². The zero-order chi connectivity index (χ0) is 14.7. The summed E-state index contributed by atoms with van der Waals surface area (Å²) in [6.45, 7) is 0. The number of hydrogen-bond donors (Lipinski definition) is 1. The molecule has 20 heavy (non-hydrogen) atoms. The quantitative estimate of drug-likeness (QED) is 0.937. The SMILES string of the molecule is COc1ccc(C(O)c2ccc(Cl)c(OC)c2)cc1F. The third-order valence-corrected chi connectivity index (χ3v) is 3.29. The predicted molar refractivity (Wildman–Crippen MR) is 75.0 cm³/mol. The van der Waals surface area contributed by atoms with Crippen LogP contribution in [0, 0.1) is 5.82 Å². The van der Waals surface area contributed by atoms with Crippen LogP contribution < -0.4 is 9.47 Å². The van der Waals surface area contributed by atoms with Crippen LogP contribution in [0.15, 0.2) is 36.4 Å². The molecule has 3 nitrogen and oxygen atoms in total. The molecule has 1 N–H and O–H groups in total. The van der Waals surface area contributed by atoms with E-state index in [-0.39, 0.29) is 5.75 Å². The minimum atomic E-state index is -0.971. The molecule has 1 atom stereocenters. The van der Waals surface area contributed by atoms with Gasteiger partial charge < -0.3 is 14.6 Å². The van der Waals surface area contributed by atoms with Gasteiger partial charge in [-0.05, 0) is 35.4 Å². The molecule has 0 aliphatic carbocycles. The zero-order valence-electron chi connectivity index (χ0n) is 11.1. The largest absolute Gasteiger partial charge is 0.495 e. The molecule has 0 bridgehead atoms. The molecule has 1 unspecified atom stereocenters. The molecule has 0 heterocycles. The number of methoxy groups -OCH3 is 2. The monoisotopic (exact) mass is 296 g/mol. The van der Waals surface area contributed by atoms with Gasteiger partial charge in [0.05, 0.1) is 19.2 Å². The van der Waals surface area contributed by atoms with Gasteiger partial charge in [0, 0.05) is 0 Å². The first-order valence-electron chi connectivity index (χ1n) is 5.91. The van der Waals surface area contributed by atoms with Crippen molar-refractivity contribution in [2.24, 2.45) is 0 Å². The van der Waals surface area contributed by atoms with Crippen LogP contribution in [-0.4, -0.2) is 19.3 Å². The smallest absolute Gasteiger partial charge is 0.165 e. The van der Waals surface area contributed by atoms with Crippen molar-refractivity contribution in [3.05, 3.63) is 58.4 Å². The van der Waals surface area contributed by atoms with E-state index in [1.54, 1.807) is 24.3 Å². The lowest BCUT2D eigenvalue weighted by molar-refractivity contribution is 0.219. The second-order valence-corrected chi connectivity index (χ2v) is 4.60. The molecule has 0 aromatic heterocycles. The first kappa shape index (κ1) is 14.6. The highest BCUT2D eigenvalue weighted by Gasteiger charge is 2.15. The zero-order valence-corrected chi connectivity index (χ0v) is 11.8. The van der Waals surface area contributed by atoms with Crippen LogP contribution in [-0.2, 0) is 0 Å². The highest BCUT2D eigenvalue weighted by Crippen LogP contribution is 2.31. The van der Waals surface area contributed by atoms with Gasteiger partial charge in [-0.1, -0.05) is 23.7 Å². The van der Waals surface area contributed by atoms with E-state index >= 15 is 0 Å². The molecule has 0 aliphatic heterocycles. The lowest BCUT2D eigenvalue weighted by Gasteiger charge is -2.14. The summed E-state index contributed by atoms with van der Waals surface area (Å²) in [5, 5.41) is 10.7. The second kappa shape index (κ2) is 6.11. The third kappa shape index (κ3) is 2.86. The molecule has 0 amide bonds. The van der Waals surface area contributed by atoms with Crippen molar-refractivity contribution in [2.75, 3.05) is 14.2 Å². The van der Waals surface area contributed by atoms with Crippen molar-refractivity contribution < 1.29 is 19.0 Å². The Morgan fingerprint density at radius 2 is 1.60 bits per heavy atom. The van der Waals surface area contributed by atoms with Crippen LogP contribution in [0.25, 0.3) is 0 Å². The molecule has 5 heteroatoms. The fourth-order valence-corrected chi connectivity index (χ4v) is 2.09. The van der Waals surface area contributed by atoms with E-state index in [1.807, 2.05) is 0 Å². The van der Waals surface area contributed by atoms with Gasteiger partial charge in [0.15, 0.2) is 11.6 Å². The summed E-state index contributed by atoms with van der Waals surface area (Å²) in [5.41, 5.74) is 0.989. The summed E-state index contributed by atoms with van der Waals surface area (Å²) in [6, 6.07) is 9.23. The van der Waals surface area contributed by atoms with Crippen LogP contribution in [0.3, 0.4) is 0 Å². The molecule has 2 rings (SSSR count). The normalized spacial score (nSPS) is 12.1. The molecule has 0 spiro atoms. The molecule has 0 saturated heterocycles. The van der Waals surface area contributed by atoms with E-state index in [1.165, 1.54) is 26.4 Å². The average Bonchev–Trinajstić information content (AvgIpc) is 2.47. The number of hydrogen-bond acceptors (Lipinski definition) is 3. The Morgan fingerprint density at radius 3 is 2.20 bits per heavy atom. The summed E-state index contributed by atoms with van der Waals surface area (Å²) in [6.07, 6.45) is -0.971. The third-order valence-electron chi connectivity index (χ3n) is 2.98. The van der Waals surface area contributed by atoms with E-state index in [0.717, 1.165) is 0 Å². The van der Waals surface area contributed by atoms with Crippen LogP contribution in [0.1, 0.15) is 17.2 Å². The highest BCUT2D eigenvalue weighted by molar-refractivity contribution is 6.32. The van der Waals surface area contributed by atoms with Gasteiger partial charge in [-0.3, -0.25) is 0 Å². The summed E-state index contributed by atoms with van der Waals surface area (Å²) >= 11 is 5.93. The summed E-state index contributed by atoms with van der Waals surface area (Å²) < 4.78 is 23.6. The van der Waals surface area contributed by atoms with Crippen molar-refractivity contribution in [3.63, 3.8) is 0 Å². The van der Waals surface area contributed by atoms with Gasteiger partial charge in [0.2, 0.25) is 0 Å². The van der Waals surface area contributed by atoms with Gasteiger partial charge in [0.25, 0.3) is 0 Å². The Labute approximate surface area is 121 Å². The number of benzene rings is 2. The summed E-state index contributed by atoms with van der Waals surface area (Å²) in [4.78, 5) is 0. The van der Waals surface area contributed by atoms with Crippen LogP contribution in [0.5, 0.6) is 11.5 Å². The minimum Gasteiger partial charge on any atom is -0.495 e. The minimum absolute atomic E-state index is 0.134. The highest BCUT2D eigenvalue weighted by atomic mass is 35.5. The number of rotatable bonds is 4. The summed E-state index contributed by atoms with van der Waals surface area (Å²) in [7, 11) is 2.88. The van der Waals surface area contributed by atoms with Crippen LogP contribution >= 0.6 is 11.6 Å². The van der Waals surface area contributed by atoms with E-state index in [0.29, 0.717) is 21.9 Å². The van der Waals surface area contributed by atoms with Crippen molar-refractivity contribution >= 4 is 11.6 Å². The maximum absolute atomic E-state index is 13.7. The Kier molecular flexibility index (Phi) is 4.47. The van der Waals surface area contributed by atoms with Crippen molar-refractivity contribution in [2.45, 2.75) is 6.10 Å². The maximum atomic E-state index is 13.7. The Morgan fingerprint density at radius 1 is 1.00 bits per heavy atom. The van der Waals surface area contributed by atoms with Crippen molar-refractivity contribution in [3.8, 4) is 11.5 Å². The molecule has 2 aromatic rings. The van der Waals surface area contributed by atoms with Gasteiger partial charge in [-0.2, -0.15) is 0 Å². The van der Waals surface area contributed by atoms with Gasteiger partial charge in [-0.25, -0.2) is 4.39 Å². The molecule has 2 aromatic carbocycles. The van der Waals surface area contributed by atoms with Gasteiger partial charge in [-0.15, -0.1) is 0 Å². The predicted octanol–water partition coefficient (Wildman–Crippen LogP) is 3.58. The lowest BCUT2D eigenvalue weighted by Crippen LogP contribution is -2.01. The standard InChI is InChI=1S/C15H14ClFO3/c1-19-13-6-4-9(7-12(13)17)15(18)10-3-5-11(16)14(8-10)20-2/h3-8,15,18H,1-2H3. The fourth-order valence-electron chi connectivity index (χ4n) is 1.89. The summed E-state index contributed by atoms with van der Waals surface area (Å²) in [5.74, 6) is 0.0665. The molecular formula is C15H14ClFO3. The van der Waals surface area contributed by atoms with E-state index in [9.17, 15) is 9.50 Å². The first-order chi connectivity index (χ1) is 9.56. The first-order valence-corrected chi connectivity index (χ1v) is 6.29. The second-order valence-electron chi connectivity index (χ2n) is 4.19. The Hall–Kier alpha value is -1.78. The van der Waals surface area contributed by atoms with Crippen LogP contribution in [0.2, 0.25) is 5.02 Å². The van der Waals surface area contributed by atoms with Gasteiger partial charge in [0.1, 0.15) is 11.9 Å². The maximum Gasteiger partial charge on any atom is 0.165 e. The van der Waals surface area contributed by atoms with Crippen molar-refractivity contribution in [1.29, 1.82) is 0 Å². The van der Waals surface area contributed by atoms with Gasteiger partial charge >= 0.3 is 0 Å². The lowest BCUT2D eigenvalue weighted by atomic mass is 10.0.